The average molecular weight is 228 g/mol. The summed E-state index contributed by atoms with van der Waals surface area (Å²) in [7, 11) is 1.28. The van der Waals surface area contributed by atoms with Crippen molar-refractivity contribution < 1.29 is 18.3 Å². The molecule has 1 saturated carbocycles. The summed E-state index contributed by atoms with van der Waals surface area (Å²) in [6, 6.07) is -0.820. The van der Waals surface area contributed by atoms with Gasteiger partial charge in [-0.25, -0.2) is 8.78 Å². The van der Waals surface area contributed by atoms with Crippen molar-refractivity contribution in [1.82, 2.24) is 5.32 Å². The molecule has 2 heterocycles. The molecule has 1 atom stereocenters. The van der Waals surface area contributed by atoms with Gasteiger partial charge in [0.05, 0.1) is 13.2 Å². The number of methoxy groups -OCH3 is 1. The molecule has 0 aromatic carbocycles. The van der Waals surface area contributed by atoms with Crippen LogP contribution in [-0.2, 0) is 9.53 Å². The van der Waals surface area contributed by atoms with E-state index in [9.17, 15) is 13.6 Å². The molecule has 2 saturated heterocycles. The zero-order valence-corrected chi connectivity index (χ0v) is 8.44. The molecule has 2 bridgehead atoms. The van der Waals surface area contributed by atoms with Crippen molar-refractivity contribution in [3.8, 4) is 0 Å². The first-order valence-electron chi connectivity index (χ1n) is 4.23. The van der Waals surface area contributed by atoms with Crippen LogP contribution in [0.2, 0.25) is 0 Å². The van der Waals surface area contributed by atoms with Crippen LogP contribution in [0.1, 0.15) is 12.8 Å². The number of esters is 1. The van der Waals surface area contributed by atoms with Gasteiger partial charge in [-0.3, -0.25) is 10.1 Å². The molecule has 6 heteroatoms. The quantitative estimate of drug-likeness (QED) is 0.715. The minimum absolute atomic E-state index is 0. The topological polar surface area (TPSA) is 38.3 Å². The van der Waals surface area contributed by atoms with E-state index in [1.165, 1.54) is 7.11 Å². The third kappa shape index (κ3) is 1.39. The molecule has 1 N–H and O–H groups in total. The highest BCUT2D eigenvalue weighted by molar-refractivity contribution is 5.85. The zero-order valence-electron chi connectivity index (χ0n) is 7.63. The second-order valence-electron chi connectivity index (χ2n) is 3.75. The van der Waals surface area contributed by atoms with E-state index in [4.69, 9.17) is 0 Å². The molecule has 3 aliphatic rings. The van der Waals surface area contributed by atoms with Gasteiger partial charge in [-0.15, -0.1) is 12.4 Å². The summed E-state index contributed by atoms with van der Waals surface area (Å²) in [5, 5.41) is 2.67. The highest BCUT2D eigenvalue weighted by Gasteiger charge is 2.63. The van der Waals surface area contributed by atoms with Crippen LogP contribution >= 0.6 is 12.4 Å². The van der Waals surface area contributed by atoms with E-state index in [-0.39, 0.29) is 18.3 Å². The summed E-state index contributed by atoms with van der Waals surface area (Å²) >= 11 is 0. The van der Waals surface area contributed by atoms with Crippen molar-refractivity contribution in [3.05, 3.63) is 0 Å². The van der Waals surface area contributed by atoms with Gasteiger partial charge in [0.15, 0.2) is 0 Å². The number of alkyl halides is 2. The van der Waals surface area contributed by atoms with Crippen LogP contribution < -0.4 is 5.32 Å². The molecule has 0 radical (unpaired) electrons. The molecule has 0 spiro atoms. The lowest BCUT2D eigenvalue weighted by atomic mass is 9.72. The zero-order chi connectivity index (χ0) is 9.64. The molecular formula is C8H12ClF2NO2. The second kappa shape index (κ2) is 3.62. The number of hydrogen-bond donors (Lipinski definition) is 1. The molecule has 1 aliphatic carbocycles. The Morgan fingerprint density at radius 1 is 1.57 bits per heavy atom. The third-order valence-corrected chi connectivity index (χ3v) is 3.02. The largest absolute Gasteiger partial charge is 0.468 e. The van der Waals surface area contributed by atoms with Crippen molar-refractivity contribution in [2.24, 2.45) is 5.92 Å². The van der Waals surface area contributed by atoms with Gasteiger partial charge in [-0.05, 0) is 18.8 Å². The second-order valence-corrected chi connectivity index (χ2v) is 3.75. The van der Waals surface area contributed by atoms with Crippen LogP contribution in [0.15, 0.2) is 0 Å². The van der Waals surface area contributed by atoms with Gasteiger partial charge >= 0.3 is 5.97 Å². The summed E-state index contributed by atoms with van der Waals surface area (Å²) in [5.41, 5.74) is -0.791. The van der Waals surface area contributed by atoms with E-state index in [0.29, 0.717) is 12.8 Å². The number of carbonyl (C=O) groups is 1. The van der Waals surface area contributed by atoms with Crippen molar-refractivity contribution in [2.75, 3.05) is 7.11 Å². The Morgan fingerprint density at radius 2 is 2.14 bits per heavy atom. The number of ether oxygens (including phenoxy) is 1. The van der Waals surface area contributed by atoms with Crippen LogP contribution in [0.25, 0.3) is 0 Å². The summed E-state index contributed by atoms with van der Waals surface area (Å²) in [5.74, 6) is -0.467. The van der Waals surface area contributed by atoms with E-state index < -0.39 is 24.0 Å². The number of rotatable bonds is 2. The van der Waals surface area contributed by atoms with Gasteiger partial charge in [0.2, 0.25) is 0 Å². The van der Waals surface area contributed by atoms with Gasteiger partial charge in [0.25, 0.3) is 6.43 Å². The van der Waals surface area contributed by atoms with Gasteiger partial charge in [0, 0.05) is 0 Å². The van der Waals surface area contributed by atoms with Gasteiger partial charge < -0.3 is 4.74 Å². The molecule has 14 heavy (non-hydrogen) atoms. The normalized spacial score (nSPS) is 38.9. The van der Waals surface area contributed by atoms with E-state index in [1.807, 2.05) is 0 Å². The number of fused-ring (bicyclic) bond motifs is 1. The van der Waals surface area contributed by atoms with Crippen LogP contribution in [0.3, 0.4) is 0 Å². The smallest absolute Gasteiger partial charge is 0.326 e. The fraction of sp³-hybridized carbons (Fsp3) is 0.875. The van der Waals surface area contributed by atoms with Gasteiger partial charge in [0.1, 0.15) is 5.54 Å². The van der Waals surface area contributed by atoms with Crippen molar-refractivity contribution >= 4 is 18.4 Å². The molecule has 0 aromatic rings. The number of nitrogens with one attached hydrogen (secondary N) is 1. The average Bonchev–Trinajstić information content (AvgIpc) is 2.56. The number of carbonyl (C=O) groups excluding carboxylic acids is 1. The maximum atomic E-state index is 12.3. The Hall–Kier alpha value is -0.420. The monoisotopic (exact) mass is 227 g/mol. The molecule has 82 valence electrons. The van der Waals surface area contributed by atoms with Crippen LogP contribution in [0.4, 0.5) is 8.78 Å². The first-order chi connectivity index (χ1) is 6.09. The molecule has 1 unspecified atom stereocenters. The minimum atomic E-state index is -2.39. The molecule has 0 amide bonds. The van der Waals surface area contributed by atoms with Crippen LogP contribution in [0.5, 0.6) is 0 Å². The van der Waals surface area contributed by atoms with Crippen molar-refractivity contribution in [2.45, 2.75) is 30.8 Å². The van der Waals surface area contributed by atoms with E-state index in [1.54, 1.807) is 0 Å². The van der Waals surface area contributed by atoms with E-state index in [2.05, 4.69) is 10.1 Å². The van der Waals surface area contributed by atoms with E-state index >= 15 is 0 Å². The Bertz CT molecular complexity index is 243. The first kappa shape index (κ1) is 11.7. The predicted molar refractivity (Wildman–Crippen MR) is 47.6 cm³/mol. The molecule has 0 aromatic heterocycles. The predicted octanol–water partition coefficient (Wildman–Crippen LogP) is 0.967. The van der Waals surface area contributed by atoms with Gasteiger partial charge in [-0.2, -0.15) is 0 Å². The fourth-order valence-electron chi connectivity index (χ4n) is 2.33. The SMILES string of the molecule is COC(=O)C12CC(C1)C(C(F)F)N2.Cl. The molecule has 3 nitrogen and oxygen atoms in total. The highest BCUT2D eigenvalue weighted by atomic mass is 35.5. The molecular weight excluding hydrogens is 216 g/mol. The Kier molecular flexibility index (Phi) is 3.02. The Labute approximate surface area is 86.6 Å². The third-order valence-electron chi connectivity index (χ3n) is 3.02. The number of hydrogen-bond acceptors (Lipinski definition) is 3. The molecule has 2 aliphatic heterocycles. The maximum Gasteiger partial charge on any atom is 0.326 e. The fourth-order valence-corrected chi connectivity index (χ4v) is 2.33. The lowest BCUT2D eigenvalue weighted by Gasteiger charge is -2.34. The Morgan fingerprint density at radius 3 is 2.50 bits per heavy atom. The first-order valence-corrected chi connectivity index (χ1v) is 4.23. The summed E-state index contributed by atoms with van der Waals surface area (Å²) in [6.45, 7) is 0. The molecule has 3 rings (SSSR count). The minimum Gasteiger partial charge on any atom is -0.468 e. The van der Waals surface area contributed by atoms with Crippen LogP contribution in [0, 0.1) is 5.92 Å². The van der Waals surface area contributed by atoms with Crippen molar-refractivity contribution in [1.29, 1.82) is 0 Å². The van der Waals surface area contributed by atoms with E-state index in [0.717, 1.165) is 0 Å². The van der Waals surface area contributed by atoms with Crippen LogP contribution in [-0.4, -0.2) is 31.1 Å². The van der Waals surface area contributed by atoms with Crippen molar-refractivity contribution in [3.63, 3.8) is 0 Å². The highest BCUT2D eigenvalue weighted by Crippen LogP contribution is 2.49. The summed E-state index contributed by atoms with van der Waals surface area (Å²) in [6.07, 6.45) is -1.40. The summed E-state index contributed by atoms with van der Waals surface area (Å²) < 4.78 is 29.2. The standard InChI is InChI=1S/C8H11F2NO2.ClH/c1-13-7(12)8-2-4(3-8)5(11-8)6(9)10;/h4-6,11H,2-3H2,1H3;1H. The number of halogens is 3. The molecule has 3 fully saturated rings. The Balaban J connectivity index is 0.000000980. The maximum absolute atomic E-state index is 12.3. The summed E-state index contributed by atoms with van der Waals surface area (Å²) in [4.78, 5) is 11.2. The lowest BCUT2D eigenvalue weighted by Crippen LogP contribution is -2.51. The van der Waals surface area contributed by atoms with Gasteiger partial charge in [-0.1, -0.05) is 0 Å². The lowest BCUT2D eigenvalue weighted by molar-refractivity contribution is -0.150.